The van der Waals surface area contributed by atoms with E-state index in [1.807, 2.05) is 0 Å². The van der Waals surface area contributed by atoms with E-state index in [1.165, 1.54) is 0 Å². The summed E-state index contributed by atoms with van der Waals surface area (Å²) < 4.78 is 36.3. The molecule has 2 N–H and O–H groups in total. The summed E-state index contributed by atoms with van der Waals surface area (Å²) in [6, 6.07) is 4.93. The number of likely N-dealkylation sites (N-methyl/N-ethyl adjacent to an activating group) is 1. The second kappa shape index (κ2) is 6.10. The molecule has 0 saturated carbocycles. The van der Waals surface area contributed by atoms with Crippen LogP contribution in [-0.2, 0) is 20.6 Å². The van der Waals surface area contributed by atoms with Gasteiger partial charge >= 0.3 is 0 Å². The predicted octanol–water partition coefficient (Wildman–Crippen LogP) is -0.0292. The number of ether oxygens (including phenoxy) is 2. The van der Waals surface area contributed by atoms with E-state index in [4.69, 9.17) is 9.47 Å². The highest BCUT2D eigenvalue weighted by atomic mass is 32.2. The molecule has 0 aromatic heterocycles. The molecule has 110 valence electrons. The average molecular weight is 300 g/mol. The van der Waals surface area contributed by atoms with Crippen molar-refractivity contribution in [1.82, 2.24) is 10.0 Å². The van der Waals surface area contributed by atoms with Crippen LogP contribution in [0.1, 0.15) is 12.5 Å². The fourth-order valence-electron chi connectivity index (χ4n) is 1.74. The highest BCUT2D eigenvalue weighted by Crippen LogP contribution is 2.32. The molecule has 1 aromatic rings. The van der Waals surface area contributed by atoms with E-state index in [2.05, 4.69) is 10.0 Å². The molecule has 1 heterocycles. The van der Waals surface area contributed by atoms with Gasteiger partial charge in [0.05, 0.1) is 12.3 Å². The van der Waals surface area contributed by atoms with Crippen LogP contribution in [0.25, 0.3) is 0 Å². The Morgan fingerprint density at radius 2 is 2.05 bits per heavy atom. The van der Waals surface area contributed by atoms with Crippen molar-refractivity contribution < 1.29 is 22.7 Å². The number of fused-ring (bicyclic) bond motifs is 1. The van der Waals surface area contributed by atoms with Crippen LogP contribution in [0.4, 0.5) is 0 Å². The summed E-state index contributed by atoms with van der Waals surface area (Å²) in [5.41, 5.74) is 0.567. The molecule has 1 aromatic carbocycles. The van der Waals surface area contributed by atoms with Crippen molar-refractivity contribution in [2.45, 2.75) is 12.7 Å². The van der Waals surface area contributed by atoms with Gasteiger partial charge in [-0.3, -0.25) is 4.79 Å². The van der Waals surface area contributed by atoms with Crippen LogP contribution in [0.3, 0.4) is 0 Å². The monoisotopic (exact) mass is 300 g/mol. The molecule has 20 heavy (non-hydrogen) atoms. The van der Waals surface area contributed by atoms with Gasteiger partial charge in [0.2, 0.25) is 22.7 Å². The van der Waals surface area contributed by atoms with Crippen LogP contribution in [0.15, 0.2) is 18.2 Å². The topological polar surface area (TPSA) is 93.7 Å². The zero-order valence-corrected chi connectivity index (χ0v) is 11.8. The van der Waals surface area contributed by atoms with E-state index in [-0.39, 0.29) is 25.0 Å². The smallest absolute Gasteiger partial charge is 0.235 e. The lowest BCUT2D eigenvalue weighted by molar-refractivity contribution is -0.119. The number of benzene rings is 1. The third kappa shape index (κ3) is 3.84. The van der Waals surface area contributed by atoms with Gasteiger partial charge in [0.15, 0.2) is 11.5 Å². The molecule has 1 amide bonds. The van der Waals surface area contributed by atoms with Crippen molar-refractivity contribution in [3.63, 3.8) is 0 Å². The van der Waals surface area contributed by atoms with Crippen LogP contribution >= 0.6 is 0 Å². The van der Waals surface area contributed by atoms with Gasteiger partial charge in [-0.2, -0.15) is 0 Å². The Kier molecular flexibility index (Phi) is 4.46. The Morgan fingerprint density at radius 1 is 1.30 bits per heavy atom. The standard InChI is InChI=1S/C12H16N2O5S/c1-2-13-12(15)6-14-20(16,17)7-9-3-4-10-11(5-9)19-8-18-10/h3-5,14H,2,6-8H2,1H3,(H,13,15). The van der Waals surface area contributed by atoms with Gasteiger partial charge in [0.25, 0.3) is 0 Å². The van der Waals surface area contributed by atoms with Crippen molar-refractivity contribution in [1.29, 1.82) is 0 Å². The summed E-state index contributed by atoms with van der Waals surface area (Å²) >= 11 is 0. The number of hydrogen-bond donors (Lipinski definition) is 2. The third-order valence-electron chi connectivity index (χ3n) is 2.62. The van der Waals surface area contributed by atoms with Crippen LogP contribution in [-0.4, -0.2) is 34.2 Å². The first-order valence-corrected chi connectivity index (χ1v) is 7.78. The minimum Gasteiger partial charge on any atom is -0.454 e. The molecule has 0 saturated heterocycles. The van der Waals surface area contributed by atoms with Crippen molar-refractivity contribution in [2.75, 3.05) is 19.9 Å². The van der Waals surface area contributed by atoms with E-state index in [0.717, 1.165) is 0 Å². The molecule has 0 spiro atoms. The van der Waals surface area contributed by atoms with E-state index in [1.54, 1.807) is 25.1 Å². The second-order valence-electron chi connectivity index (χ2n) is 4.22. The predicted molar refractivity (Wildman–Crippen MR) is 71.9 cm³/mol. The molecule has 0 radical (unpaired) electrons. The van der Waals surface area contributed by atoms with Gasteiger partial charge < -0.3 is 14.8 Å². The molecule has 0 unspecified atom stereocenters. The molecule has 1 aliphatic heterocycles. The molecule has 7 nitrogen and oxygen atoms in total. The Labute approximate surface area is 117 Å². The number of hydrogen-bond acceptors (Lipinski definition) is 5. The van der Waals surface area contributed by atoms with Gasteiger partial charge in [0, 0.05) is 6.54 Å². The van der Waals surface area contributed by atoms with E-state index in [0.29, 0.717) is 23.6 Å². The fraction of sp³-hybridized carbons (Fsp3) is 0.417. The summed E-state index contributed by atoms with van der Waals surface area (Å²) in [4.78, 5) is 11.2. The van der Waals surface area contributed by atoms with Gasteiger partial charge in [-0.25, -0.2) is 13.1 Å². The molecule has 0 bridgehead atoms. The molecular weight excluding hydrogens is 284 g/mol. The normalized spacial score (nSPS) is 13.2. The minimum absolute atomic E-state index is 0.140. The van der Waals surface area contributed by atoms with Crippen molar-refractivity contribution in [3.8, 4) is 11.5 Å². The Balaban J connectivity index is 1.96. The lowest BCUT2D eigenvalue weighted by Crippen LogP contribution is -2.37. The van der Waals surface area contributed by atoms with E-state index in [9.17, 15) is 13.2 Å². The maximum atomic E-state index is 11.8. The quantitative estimate of drug-likeness (QED) is 0.769. The average Bonchev–Trinajstić information content (AvgIpc) is 2.84. The highest BCUT2D eigenvalue weighted by Gasteiger charge is 2.17. The van der Waals surface area contributed by atoms with Gasteiger partial charge in [-0.1, -0.05) is 6.07 Å². The van der Waals surface area contributed by atoms with Gasteiger partial charge in [-0.05, 0) is 24.6 Å². The SMILES string of the molecule is CCNC(=O)CNS(=O)(=O)Cc1ccc2c(c1)OCO2. The maximum absolute atomic E-state index is 11.8. The van der Waals surface area contributed by atoms with Crippen LogP contribution in [0.5, 0.6) is 11.5 Å². The summed E-state index contributed by atoms with van der Waals surface area (Å²) in [5, 5.41) is 2.51. The Hall–Kier alpha value is -1.80. The maximum Gasteiger partial charge on any atom is 0.235 e. The summed E-state index contributed by atoms with van der Waals surface area (Å²) in [7, 11) is -3.57. The first-order valence-electron chi connectivity index (χ1n) is 6.13. The van der Waals surface area contributed by atoms with E-state index >= 15 is 0 Å². The summed E-state index contributed by atoms with van der Waals surface area (Å²) in [5.74, 6) is 0.549. The molecule has 8 heteroatoms. The van der Waals surface area contributed by atoms with Crippen molar-refractivity contribution >= 4 is 15.9 Å². The van der Waals surface area contributed by atoms with Gasteiger partial charge in [-0.15, -0.1) is 0 Å². The molecule has 2 rings (SSSR count). The number of sulfonamides is 1. The first kappa shape index (κ1) is 14.6. The molecular formula is C12H16N2O5S. The molecule has 0 fully saturated rings. The van der Waals surface area contributed by atoms with Gasteiger partial charge in [0.1, 0.15) is 0 Å². The largest absolute Gasteiger partial charge is 0.454 e. The Bertz CT molecular complexity index is 600. The van der Waals surface area contributed by atoms with Crippen molar-refractivity contribution in [2.24, 2.45) is 0 Å². The summed E-state index contributed by atoms with van der Waals surface area (Å²) in [6.45, 7) is 2.10. The van der Waals surface area contributed by atoms with Crippen LogP contribution < -0.4 is 19.5 Å². The minimum atomic E-state index is -3.57. The summed E-state index contributed by atoms with van der Waals surface area (Å²) in [6.07, 6.45) is 0. The number of rotatable bonds is 6. The third-order valence-corrected chi connectivity index (χ3v) is 3.92. The number of carbonyl (C=O) groups is 1. The zero-order valence-electron chi connectivity index (χ0n) is 11.0. The zero-order chi connectivity index (χ0) is 14.6. The number of carbonyl (C=O) groups excluding carboxylic acids is 1. The first-order chi connectivity index (χ1) is 9.50. The highest BCUT2D eigenvalue weighted by molar-refractivity contribution is 7.88. The number of nitrogens with one attached hydrogen (secondary N) is 2. The van der Waals surface area contributed by atoms with E-state index < -0.39 is 10.0 Å². The fourth-order valence-corrected chi connectivity index (χ4v) is 2.81. The Morgan fingerprint density at radius 3 is 2.80 bits per heavy atom. The molecule has 1 aliphatic rings. The second-order valence-corrected chi connectivity index (χ2v) is 6.03. The van der Waals surface area contributed by atoms with Crippen molar-refractivity contribution in [3.05, 3.63) is 23.8 Å². The molecule has 0 atom stereocenters. The van der Waals surface area contributed by atoms with Crippen LogP contribution in [0.2, 0.25) is 0 Å². The lowest BCUT2D eigenvalue weighted by atomic mass is 10.2. The number of amides is 1. The molecule has 0 aliphatic carbocycles. The van der Waals surface area contributed by atoms with Crippen LogP contribution in [0, 0.1) is 0 Å². The lowest BCUT2D eigenvalue weighted by Gasteiger charge is -2.07.